The number of rotatable bonds is 7. The summed E-state index contributed by atoms with van der Waals surface area (Å²) in [4.78, 5) is 14.8. The van der Waals surface area contributed by atoms with Crippen molar-refractivity contribution in [1.29, 1.82) is 0 Å². The van der Waals surface area contributed by atoms with Crippen molar-refractivity contribution in [2.24, 2.45) is 5.92 Å². The van der Waals surface area contributed by atoms with Gasteiger partial charge in [0.05, 0.1) is 0 Å². The van der Waals surface area contributed by atoms with E-state index in [1.54, 1.807) is 11.8 Å². The Balaban J connectivity index is 1.22. The molecule has 2 aromatic carbocycles. The second-order valence-corrected chi connectivity index (χ2v) is 8.96. The fourth-order valence-electron chi connectivity index (χ4n) is 3.70. The highest BCUT2D eigenvalue weighted by Gasteiger charge is 2.25. The summed E-state index contributed by atoms with van der Waals surface area (Å²) < 4.78 is 0. The van der Waals surface area contributed by atoms with Gasteiger partial charge < -0.3 is 10.2 Å². The van der Waals surface area contributed by atoms with E-state index in [1.165, 1.54) is 11.1 Å². The Morgan fingerprint density at radius 2 is 1.71 bits per heavy atom. The van der Waals surface area contributed by atoms with Crippen molar-refractivity contribution in [3.05, 3.63) is 83.4 Å². The Morgan fingerprint density at radius 1 is 0.968 bits per heavy atom. The smallest absolute Gasteiger partial charge is 0.223 e. The normalized spacial score (nSPS) is 14.4. The van der Waals surface area contributed by atoms with E-state index in [-0.39, 0.29) is 11.8 Å². The fraction of sp³-hybridized carbons (Fsp3) is 0.320. The maximum absolute atomic E-state index is 12.6. The van der Waals surface area contributed by atoms with Crippen molar-refractivity contribution >= 4 is 23.5 Å². The molecule has 0 unspecified atom stereocenters. The van der Waals surface area contributed by atoms with Crippen LogP contribution in [-0.2, 0) is 17.1 Å². The monoisotopic (exact) mass is 432 g/mol. The molecule has 0 bridgehead atoms. The standard InChI is InChI=1S/C25H28N4OS/c1-19-7-9-20(10-8-19)17-26-25(30)22-13-15-29(16-14-22)23-11-12-24(28-27-23)31-18-21-5-3-2-4-6-21/h2-12,22H,13-18H2,1H3,(H,26,30). The second kappa shape index (κ2) is 10.4. The van der Waals surface area contributed by atoms with Crippen LogP contribution >= 0.6 is 11.8 Å². The minimum Gasteiger partial charge on any atom is -0.355 e. The van der Waals surface area contributed by atoms with E-state index in [0.29, 0.717) is 6.54 Å². The lowest BCUT2D eigenvalue weighted by atomic mass is 9.96. The number of hydrogen-bond acceptors (Lipinski definition) is 5. The highest BCUT2D eigenvalue weighted by atomic mass is 32.2. The third-order valence-corrected chi connectivity index (χ3v) is 6.62. The first-order valence-electron chi connectivity index (χ1n) is 10.8. The molecule has 1 saturated heterocycles. The minimum atomic E-state index is 0.0651. The molecular weight excluding hydrogens is 404 g/mol. The Bertz CT molecular complexity index is 969. The molecule has 1 amide bonds. The summed E-state index contributed by atoms with van der Waals surface area (Å²) >= 11 is 1.69. The second-order valence-electron chi connectivity index (χ2n) is 7.97. The number of piperidine rings is 1. The number of nitrogens with one attached hydrogen (secondary N) is 1. The van der Waals surface area contributed by atoms with Crippen LogP contribution in [0.3, 0.4) is 0 Å². The van der Waals surface area contributed by atoms with Gasteiger partial charge in [0.1, 0.15) is 5.03 Å². The average molecular weight is 433 g/mol. The van der Waals surface area contributed by atoms with Gasteiger partial charge in [-0.15, -0.1) is 10.2 Å². The number of benzene rings is 2. The number of anilines is 1. The van der Waals surface area contributed by atoms with Gasteiger partial charge in [-0.05, 0) is 43.0 Å². The average Bonchev–Trinajstić information content (AvgIpc) is 2.83. The van der Waals surface area contributed by atoms with Crippen LogP contribution in [-0.4, -0.2) is 29.2 Å². The van der Waals surface area contributed by atoms with Crippen molar-refractivity contribution in [3.63, 3.8) is 0 Å². The molecule has 0 radical (unpaired) electrons. The molecular formula is C25H28N4OS. The molecule has 6 heteroatoms. The minimum absolute atomic E-state index is 0.0651. The lowest BCUT2D eigenvalue weighted by Crippen LogP contribution is -2.40. The van der Waals surface area contributed by atoms with E-state index in [1.807, 2.05) is 18.2 Å². The Hall–Kier alpha value is -2.86. The summed E-state index contributed by atoms with van der Waals surface area (Å²) in [6, 6.07) is 22.7. The van der Waals surface area contributed by atoms with Crippen LogP contribution in [0, 0.1) is 12.8 Å². The van der Waals surface area contributed by atoms with Crippen LogP contribution in [0.1, 0.15) is 29.5 Å². The number of nitrogens with zero attached hydrogens (tertiary/aromatic N) is 3. The van der Waals surface area contributed by atoms with Gasteiger partial charge in [0.25, 0.3) is 0 Å². The highest BCUT2D eigenvalue weighted by Crippen LogP contribution is 2.24. The van der Waals surface area contributed by atoms with Crippen LogP contribution < -0.4 is 10.2 Å². The van der Waals surface area contributed by atoms with Gasteiger partial charge in [0.15, 0.2) is 5.82 Å². The zero-order valence-electron chi connectivity index (χ0n) is 17.8. The molecule has 1 aliphatic rings. The largest absolute Gasteiger partial charge is 0.355 e. The predicted molar refractivity (Wildman–Crippen MR) is 126 cm³/mol. The zero-order valence-corrected chi connectivity index (χ0v) is 18.6. The van der Waals surface area contributed by atoms with Gasteiger partial charge in [0, 0.05) is 31.3 Å². The number of carbonyl (C=O) groups is 1. The van der Waals surface area contributed by atoms with E-state index < -0.39 is 0 Å². The molecule has 0 atom stereocenters. The number of hydrogen-bond donors (Lipinski definition) is 1. The Morgan fingerprint density at radius 3 is 2.39 bits per heavy atom. The number of amides is 1. The van der Waals surface area contributed by atoms with Crippen LogP contribution in [0.4, 0.5) is 5.82 Å². The first-order chi connectivity index (χ1) is 15.2. The summed E-state index contributed by atoms with van der Waals surface area (Å²) in [6.45, 7) is 4.31. The molecule has 1 N–H and O–H groups in total. The van der Waals surface area contributed by atoms with Crippen molar-refractivity contribution in [2.45, 2.75) is 37.1 Å². The molecule has 1 aromatic heterocycles. The molecule has 2 heterocycles. The van der Waals surface area contributed by atoms with Gasteiger partial charge in [-0.1, -0.05) is 71.9 Å². The third-order valence-electron chi connectivity index (χ3n) is 5.63. The third kappa shape index (κ3) is 6.07. The molecule has 4 rings (SSSR count). The number of aryl methyl sites for hydroxylation is 1. The summed E-state index contributed by atoms with van der Waals surface area (Å²) in [5, 5.41) is 12.8. The van der Waals surface area contributed by atoms with Crippen molar-refractivity contribution in [2.75, 3.05) is 18.0 Å². The van der Waals surface area contributed by atoms with Crippen LogP contribution in [0.15, 0.2) is 71.8 Å². The molecule has 0 aliphatic carbocycles. The maximum atomic E-state index is 12.6. The van der Waals surface area contributed by atoms with E-state index in [9.17, 15) is 4.79 Å². The number of thioether (sulfide) groups is 1. The van der Waals surface area contributed by atoms with E-state index in [2.05, 4.69) is 75.9 Å². The SMILES string of the molecule is Cc1ccc(CNC(=O)C2CCN(c3ccc(SCc4ccccc4)nn3)CC2)cc1. The van der Waals surface area contributed by atoms with Gasteiger partial charge in [-0.3, -0.25) is 4.79 Å². The Labute approximate surface area is 188 Å². The van der Waals surface area contributed by atoms with Crippen molar-refractivity contribution in [3.8, 4) is 0 Å². The molecule has 3 aromatic rings. The number of aromatic nitrogens is 2. The van der Waals surface area contributed by atoms with Crippen LogP contribution in [0.5, 0.6) is 0 Å². The molecule has 5 nitrogen and oxygen atoms in total. The van der Waals surface area contributed by atoms with E-state index in [0.717, 1.165) is 48.1 Å². The molecule has 31 heavy (non-hydrogen) atoms. The van der Waals surface area contributed by atoms with Crippen LogP contribution in [0.2, 0.25) is 0 Å². The lowest BCUT2D eigenvalue weighted by molar-refractivity contribution is -0.125. The highest BCUT2D eigenvalue weighted by molar-refractivity contribution is 7.98. The summed E-state index contributed by atoms with van der Waals surface area (Å²) in [5.74, 6) is 2.00. The van der Waals surface area contributed by atoms with Gasteiger partial charge >= 0.3 is 0 Å². The summed E-state index contributed by atoms with van der Waals surface area (Å²) in [6.07, 6.45) is 1.68. The zero-order chi connectivity index (χ0) is 21.5. The molecule has 0 spiro atoms. The maximum Gasteiger partial charge on any atom is 0.223 e. The molecule has 0 saturated carbocycles. The topological polar surface area (TPSA) is 58.1 Å². The Kier molecular flexibility index (Phi) is 7.20. The van der Waals surface area contributed by atoms with Gasteiger partial charge in [-0.2, -0.15) is 0 Å². The quantitative estimate of drug-likeness (QED) is 0.553. The van der Waals surface area contributed by atoms with Gasteiger partial charge in [-0.25, -0.2) is 0 Å². The number of carbonyl (C=O) groups excluding carboxylic acids is 1. The van der Waals surface area contributed by atoms with Gasteiger partial charge in [0.2, 0.25) is 5.91 Å². The molecule has 1 fully saturated rings. The van der Waals surface area contributed by atoms with E-state index >= 15 is 0 Å². The molecule has 160 valence electrons. The predicted octanol–water partition coefficient (Wildman–Crippen LogP) is 4.61. The van der Waals surface area contributed by atoms with E-state index in [4.69, 9.17) is 0 Å². The lowest BCUT2D eigenvalue weighted by Gasteiger charge is -2.31. The van der Waals surface area contributed by atoms with Crippen molar-refractivity contribution in [1.82, 2.24) is 15.5 Å². The summed E-state index contributed by atoms with van der Waals surface area (Å²) in [7, 11) is 0. The summed E-state index contributed by atoms with van der Waals surface area (Å²) in [5.41, 5.74) is 3.64. The first kappa shape index (κ1) is 21.4. The fourth-order valence-corrected chi connectivity index (χ4v) is 4.47. The van der Waals surface area contributed by atoms with Crippen LogP contribution in [0.25, 0.3) is 0 Å². The van der Waals surface area contributed by atoms with Crippen molar-refractivity contribution < 1.29 is 4.79 Å². The molecule has 1 aliphatic heterocycles. The first-order valence-corrected chi connectivity index (χ1v) is 11.7.